The van der Waals surface area contributed by atoms with Gasteiger partial charge in [0, 0.05) is 25.1 Å². The molecule has 0 saturated heterocycles. The summed E-state index contributed by atoms with van der Waals surface area (Å²) < 4.78 is 1.88. The van der Waals surface area contributed by atoms with Crippen molar-refractivity contribution in [2.24, 2.45) is 0 Å². The third-order valence-electron chi connectivity index (χ3n) is 5.41. The van der Waals surface area contributed by atoms with E-state index in [1.54, 1.807) is 12.5 Å². The van der Waals surface area contributed by atoms with Crippen LogP contribution in [-0.4, -0.2) is 52.8 Å². The van der Waals surface area contributed by atoms with Crippen LogP contribution < -0.4 is 5.32 Å². The van der Waals surface area contributed by atoms with Crippen LogP contribution >= 0.6 is 0 Å². The average Bonchev–Trinajstić information content (AvgIpc) is 3.51. The van der Waals surface area contributed by atoms with E-state index in [1.165, 1.54) is 5.57 Å². The lowest BCUT2D eigenvalue weighted by Gasteiger charge is -2.13. The summed E-state index contributed by atoms with van der Waals surface area (Å²) in [6.07, 6.45) is 10.6. The minimum atomic E-state index is 0.681. The minimum absolute atomic E-state index is 0.681. The maximum atomic E-state index is 4.83. The molecule has 148 valence electrons. The molecule has 9 heteroatoms. The summed E-state index contributed by atoms with van der Waals surface area (Å²) in [5.74, 6) is 1.41. The molecule has 30 heavy (non-hydrogen) atoms. The number of imidazole rings is 2. The highest BCUT2D eigenvalue weighted by Crippen LogP contribution is 2.29. The van der Waals surface area contributed by atoms with Crippen molar-refractivity contribution in [3.63, 3.8) is 0 Å². The Hall–Kier alpha value is -3.85. The number of pyridine rings is 2. The fraction of sp³-hybridized carbons (Fsp3) is 0.190. The van der Waals surface area contributed by atoms with E-state index in [0.29, 0.717) is 5.82 Å². The molecule has 3 N–H and O–H groups in total. The van der Waals surface area contributed by atoms with Crippen molar-refractivity contribution < 1.29 is 0 Å². The molecule has 0 saturated carbocycles. The maximum absolute atomic E-state index is 4.83. The SMILES string of the molecule is Cc1cn(-c2nccc3[nH]c(-c4n[nH]c5ncc(C6=CCNCC6)cc45)nc23)cn1. The fourth-order valence-corrected chi connectivity index (χ4v) is 3.90. The fourth-order valence-electron chi connectivity index (χ4n) is 3.90. The van der Waals surface area contributed by atoms with Gasteiger partial charge < -0.3 is 10.3 Å². The number of hydrogen-bond donors (Lipinski definition) is 3. The van der Waals surface area contributed by atoms with Crippen LogP contribution in [0, 0.1) is 6.92 Å². The second-order valence-corrected chi connectivity index (χ2v) is 7.41. The number of rotatable bonds is 3. The van der Waals surface area contributed by atoms with E-state index >= 15 is 0 Å². The Morgan fingerprint density at radius 1 is 1.17 bits per heavy atom. The number of aromatic nitrogens is 8. The maximum Gasteiger partial charge on any atom is 0.166 e. The molecule has 6 rings (SSSR count). The molecule has 0 aromatic carbocycles. The van der Waals surface area contributed by atoms with E-state index in [2.05, 4.69) is 47.6 Å². The molecule has 6 heterocycles. The number of H-pyrrole nitrogens is 2. The van der Waals surface area contributed by atoms with Crippen molar-refractivity contribution in [1.29, 1.82) is 0 Å². The monoisotopic (exact) mass is 397 g/mol. The van der Waals surface area contributed by atoms with Gasteiger partial charge in [-0.05, 0) is 43.2 Å². The van der Waals surface area contributed by atoms with Gasteiger partial charge in [0.1, 0.15) is 17.5 Å². The van der Waals surface area contributed by atoms with Crippen LogP contribution in [-0.2, 0) is 0 Å². The van der Waals surface area contributed by atoms with Crippen LogP contribution in [0.1, 0.15) is 17.7 Å². The van der Waals surface area contributed by atoms with Crippen molar-refractivity contribution >= 4 is 27.6 Å². The standard InChI is InChI=1S/C21H19N9/c1-12-10-30(11-25-12)21-18-16(4-7-23-21)26-20(27-18)17-15-8-14(9-24-19(15)29-28-17)13-2-5-22-6-3-13/h2,4,7-11,22H,3,5-6H2,1H3,(H,26,27)(H,24,28,29). The van der Waals surface area contributed by atoms with Crippen LogP contribution in [0.3, 0.4) is 0 Å². The highest BCUT2D eigenvalue weighted by atomic mass is 15.2. The predicted molar refractivity (Wildman–Crippen MR) is 114 cm³/mol. The first-order chi connectivity index (χ1) is 14.8. The Morgan fingerprint density at radius 3 is 2.97 bits per heavy atom. The smallest absolute Gasteiger partial charge is 0.166 e. The molecule has 1 aliphatic rings. The van der Waals surface area contributed by atoms with Crippen LogP contribution in [0.25, 0.3) is 45.0 Å². The number of nitrogens with one attached hydrogen (secondary N) is 3. The zero-order valence-corrected chi connectivity index (χ0v) is 16.3. The molecule has 0 unspecified atom stereocenters. The van der Waals surface area contributed by atoms with Gasteiger partial charge in [-0.3, -0.25) is 9.67 Å². The molecular formula is C21H19N9. The second-order valence-electron chi connectivity index (χ2n) is 7.41. The van der Waals surface area contributed by atoms with Gasteiger partial charge in [-0.2, -0.15) is 5.10 Å². The van der Waals surface area contributed by atoms with Gasteiger partial charge >= 0.3 is 0 Å². The number of fused-ring (bicyclic) bond motifs is 2. The van der Waals surface area contributed by atoms with E-state index in [1.807, 2.05) is 30.0 Å². The summed E-state index contributed by atoms with van der Waals surface area (Å²) in [7, 11) is 0. The Balaban J connectivity index is 1.49. The van der Waals surface area contributed by atoms with E-state index in [0.717, 1.165) is 64.3 Å². The van der Waals surface area contributed by atoms with E-state index in [-0.39, 0.29) is 0 Å². The van der Waals surface area contributed by atoms with Crippen molar-refractivity contribution in [2.75, 3.05) is 13.1 Å². The average molecular weight is 397 g/mol. The first kappa shape index (κ1) is 17.0. The summed E-state index contributed by atoms with van der Waals surface area (Å²) >= 11 is 0. The van der Waals surface area contributed by atoms with Gasteiger partial charge in [-0.15, -0.1) is 0 Å². The predicted octanol–water partition coefficient (Wildman–Crippen LogP) is 2.77. The van der Waals surface area contributed by atoms with Crippen LogP contribution in [0.5, 0.6) is 0 Å². The quantitative estimate of drug-likeness (QED) is 0.431. The number of aromatic amines is 2. The molecule has 0 atom stereocenters. The molecule has 0 spiro atoms. The normalized spacial score (nSPS) is 14.5. The van der Waals surface area contributed by atoms with E-state index in [4.69, 9.17) is 4.98 Å². The lowest BCUT2D eigenvalue weighted by Crippen LogP contribution is -2.20. The Kier molecular flexibility index (Phi) is 3.75. The summed E-state index contributed by atoms with van der Waals surface area (Å²) in [4.78, 5) is 21.6. The Labute approximate surface area is 171 Å². The highest BCUT2D eigenvalue weighted by Gasteiger charge is 2.17. The first-order valence-corrected chi connectivity index (χ1v) is 9.86. The van der Waals surface area contributed by atoms with Crippen molar-refractivity contribution in [1.82, 2.24) is 45.0 Å². The number of aryl methyl sites for hydroxylation is 1. The Bertz CT molecular complexity index is 1420. The second kappa shape index (κ2) is 6.60. The Morgan fingerprint density at radius 2 is 2.13 bits per heavy atom. The van der Waals surface area contributed by atoms with Gasteiger partial charge in [-0.25, -0.2) is 19.9 Å². The third kappa shape index (κ3) is 2.71. The van der Waals surface area contributed by atoms with Gasteiger partial charge in [0.05, 0.1) is 16.6 Å². The molecule has 0 bridgehead atoms. The summed E-state index contributed by atoms with van der Waals surface area (Å²) in [6, 6.07) is 4.06. The van der Waals surface area contributed by atoms with Crippen molar-refractivity contribution in [3.8, 4) is 17.3 Å². The molecule has 0 fully saturated rings. The number of hydrogen-bond acceptors (Lipinski definition) is 6. The van der Waals surface area contributed by atoms with E-state index in [9.17, 15) is 0 Å². The highest BCUT2D eigenvalue weighted by molar-refractivity contribution is 5.93. The first-order valence-electron chi connectivity index (χ1n) is 9.86. The molecule has 0 radical (unpaired) electrons. The van der Waals surface area contributed by atoms with E-state index < -0.39 is 0 Å². The third-order valence-corrected chi connectivity index (χ3v) is 5.41. The molecular weight excluding hydrogens is 378 g/mol. The summed E-state index contributed by atoms with van der Waals surface area (Å²) in [5.41, 5.74) is 6.51. The van der Waals surface area contributed by atoms with Crippen LogP contribution in [0.4, 0.5) is 0 Å². The zero-order chi connectivity index (χ0) is 20.1. The molecule has 1 aliphatic heterocycles. The van der Waals surface area contributed by atoms with Gasteiger partial charge in [0.15, 0.2) is 17.3 Å². The lowest BCUT2D eigenvalue weighted by molar-refractivity contribution is 0.738. The van der Waals surface area contributed by atoms with Crippen molar-refractivity contribution in [2.45, 2.75) is 13.3 Å². The van der Waals surface area contributed by atoms with Crippen LogP contribution in [0.2, 0.25) is 0 Å². The molecule has 5 aromatic heterocycles. The zero-order valence-electron chi connectivity index (χ0n) is 16.3. The van der Waals surface area contributed by atoms with Gasteiger partial charge in [0.25, 0.3) is 0 Å². The van der Waals surface area contributed by atoms with Gasteiger partial charge in [-0.1, -0.05) is 6.08 Å². The molecule has 5 aromatic rings. The summed E-state index contributed by atoms with van der Waals surface area (Å²) in [6.45, 7) is 3.82. The molecule has 0 amide bonds. The minimum Gasteiger partial charge on any atom is -0.336 e. The largest absolute Gasteiger partial charge is 0.336 e. The van der Waals surface area contributed by atoms with Crippen molar-refractivity contribution in [3.05, 3.63) is 54.4 Å². The molecule has 0 aliphatic carbocycles. The lowest BCUT2D eigenvalue weighted by atomic mass is 10.0. The van der Waals surface area contributed by atoms with Gasteiger partial charge in [0.2, 0.25) is 0 Å². The topological polar surface area (TPSA) is 113 Å². The molecule has 9 nitrogen and oxygen atoms in total. The summed E-state index contributed by atoms with van der Waals surface area (Å²) in [5, 5.41) is 11.8. The van der Waals surface area contributed by atoms with Crippen LogP contribution in [0.15, 0.2) is 43.1 Å². The number of nitrogens with zero attached hydrogens (tertiary/aromatic N) is 6.